The van der Waals surface area contributed by atoms with Gasteiger partial charge in [-0.3, -0.25) is 9.59 Å². The van der Waals surface area contributed by atoms with Crippen LogP contribution in [0.1, 0.15) is 83.1 Å². The van der Waals surface area contributed by atoms with Crippen molar-refractivity contribution in [1.82, 2.24) is 0 Å². The van der Waals surface area contributed by atoms with Gasteiger partial charge in [-0.15, -0.1) is 0 Å². The van der Waals surface area contributed by atoms with Gasteiger partial charge in [0.2, 0.25) is 0 Å². The molecule has 1 aromatic rings. The number of benzene rings is 1. The molecular formula is C25H41NO5. The van der Waals surface area contributed by atoms with E-state index in [1.807, 2.05) is 30.3 Å². The Bertz CT molecular complexity index is 593. The largest absolute Gasteiger partial charge is 0.463 e. The van der Waals surface area contributed by atoms with Crippen LogP contribution in [-0.2, 0) is 25.5 Å². The zero-order valence-electron chi connectivity index (χ0n) is 19.1. The number of aliphatic hydroxyl groups excluding tert-OH is 1. The van der Waals surface area contributed by atoms with E-state index in [1.165, 1.54) is 44.9 Å². The fraction of sp³-hybridized carbons (Fsp3) is 0.680. The molecule has 0 bridgehead atoms. The molecule has 0 aliphatic carbocycles. The van der Waals surface area contributed by atoms with Crippen LogP contribution in [-0.4, -0.2) is 42.4 Å². The molecule has 1 aromatic carbocycles. The van der Waals surface area contributed by atoms with Gasteiger partial charge in [0.05, 0.1) is 0 Å². The Kier molecular flexibility index (Phi) is 15.5. The highest BCUT2D eigenvalue weighted by atomic mass is 16.6. The van der Waals surface area contributed by atoms with E-state index in [1.54, 1.807) is 0 Å². The zero-order chi connectivity index (χ0) is 22.7. The van der Waals surface area contributed by atoms with Crippen LogP contribution in [0.5, 0.6) is 0 Å². The first-order chi connectivity index (χ1) is 15.0. The maximum Gasteiger partial charge on any atom is 0.323 e. The Hall–Kier alpha value is -1.92. The van der Waals surface area contributed by atoms with Crippen LogP contribution in [0.4, 0.5) is 0 Å². The van der Waals surface area contributed by atoms with E-state index in [-0.39, 0.29) is 19.2 Å². The summed E-state index contributed by atoms with van der Waals surface area (Å²) in [4.78, 5) is 23.7. The molecular weight excluding hydrogens is 394 g/mol. The van der Waals surface area contributed by atoms with Crippen molar-refractivity contribution in [2.75, 3.05) is 13.2 Å². The Morgan fingerprint density at radius 1 is 0.871 bits per heavy atom. The maximum atomic E-state index is 11.9. The van der Waals surface area contributed by atoms with Crippen LogP contribution in [0.25, 0.3) is 0 Å². The third kappa shape index (κ3) is 14.7. The highest BCUT2D eigenvalue weighted by Gasteiger charge is 2.18. The Balaban J connectivity index is 2.00. The Morgan fingerprint density at radius 2 is 1.42 bits per heavy atom. The lowest BCUT2D eigenvalue weighted by atomic mass is 10.1. The molecule has 0 aromatic heterocycles. The third-order valence-corrected chi connectivity index (χ3v) is 5.19. The molecule has 0 radical (unpaired) electrons. The summed E-state index contributed by atoms with van der Waals surface area (Å²) in [5, 5.41) is 9.87. The van der Waals surface area contributed by atoms with Gasteiger partial charge in [-0.1, -0.05) is 95.0 Å². The summed E-state index contributed by atoms with van der Waals surface area (Å²) in [5.41, 5.74) is 6.78. The summed E-state index contributed by atoms with van der Waals surface area (Å²) in [6.45, 7) is 1.80. The number of carbonyl (C=O) groups excluding carboxylic acids is 2. The summed E-state index contributed by atoms with van der Waals surface area (Å²) in [6.07, 6.45) is 11.7. The topological polar surface area (TPSA) is 98.9 Å². The second kappa shape index (κ2) is 17.7. The lowest BCUT2D eigenvalue weighted by Gasteiger charge is -2.15. The van der Waals surface area contributed by atoms with Crippen molar-refractivity contribution >= 4 is 11.9 Å². The first-order valence-electron chi connectivity index (χ1n) is 11.8. The summed E-state index contributed by atoms with van der Waals surface area (Å²) in [5.74, 6) is -0.912. The Morgan fingerprint density at radius 3 is 2.03 bits per heavy atom. The predicted octanol–water partition coefficient (Wildman–Crippen LogP) is 4.31. The van der Waals surface area contributed by atoms with Crippen molar-refractivity contribution in [1.29, 1.82) is 0 Å². The van der Waals surface area contributed by atoms with Gasteiger partial charge in [0.1, 0.15) is 25.4 Å². The van der Waals surface area contributed by atoms with Crippen molar-refractivity contribution in [3.63, 3.8) is 0 Å². The number of carbonyl (C=O) groups is 2. The van der Waals surface area contributed by atoms with Gasteiger partial charge in [-0.2, -0.15) is 0 Å². The molecule has 6 nitrogen and oxygen atoms in total. The molecule has 0 saturated carbocycles. The number of hydrogen-bond donors (Lipinski definition) is 2. The van der Waals surface area contributed by atoms with Crippen LogP contribution in [0, 0.1) is 0 Å². The van der Waals surface area contributed by atoms with Crippen molar-refractivity contribution in [3.8, 4) is 0 Å². The minimum atomic E-state index is -1.05. The molecule has 0 aliphatic rings. The summed E-state index contributed by atoms with van der Waals surface area (Å²) >= 11 is 0. The van der Waals surface area contributed by atoms with E-state index in [9.17, 15) is 14.7 Å². The lowest BCUT2D eigenvalue weighted by molar-refractivity contribution is -0.153. The van der Waals surface area contributed by atoms with Crippen LogP contribution >= 0.6 is 0 Å². The van der Waals surface area contributed by atoms with Gasteiger partial charge in [-0.25, -0.2) is 0 Å². The van der Waals surface area contributed by atoms with Gasteiger partial charge in [0.15, 0.2) is 0 Å². The number of ether oxygens (including phenoxy) is 2. The minimum absolute atomic E-state index is 0.183. The second-order valence-electron chi connectivity index (χ2n) is 8.20. The number of nitrogens with two attached hydrogens (primary N) is 1. The molecule has 0 aliphatic heterocycles. The molecule has 3 N–H and O–H groups in total. The maximum absolute atomic E-state index is 11.9. The molecule has 0 heterocycles. The number of rotatable bonds is 18. The highest BCUT2D eigenvalue weighted by molar-refractivity contribution is 5.75. The molecule has 0 saturated heterocycles. The number of aliphatic hydroxyl groups is 1. The first kappa shape index (κ1) is 27.1. The molecule has 0 fully saturated rings. The standard InChI is InChI=1S/C25H41NO5/c1-2-3-4-5-6-7-8-9-10-14-17-24(28)30-19-22(27)20-31-25(29)23(26)18-21-15-12-11-13-16-21/h11-13,15-16,22-23,27H,2-10,14,17-20,26H2,1H3/t22?,23-/m0/s1. The van der Waals surface area contributed by atoms with Crippen LogP contribution in [0.15, 0.2) is 30.3 Å². The molecule has 6 heteroatoms. The number of unbranched alkanes of at least 4 members (excludes halogenated alkanes) is 9. The summed E-state index contributed by atoms with van der Waals surface area (Å²) < 4.78 is 10.1. The van der Waals surface area contributed by atoms with Crippen molar-refractivity contribution in [2.45, 2.75) is 96.1 Å². The second-order valence-corrected chi connectivity index (χ2v) is 8.20. The molecule has 0 spiro atoms. The average Bonchev–Trinajstić information content (AvgIpc) is 2.77. The van der Waals surface area contributed by atoms with Crippen LogP contribution in [0.3, 0.4) is 0 Å². The molecule has 176 valence electrons. The molecule has 1 rings (SSSR count). The zero-order valence-corrected chi connectivity index (χ0v) is 19.1. The van der Waals surface area contributed by atoms with E-state index >= 15 is 0 Å². The molecule has 2 atom stereocenters. The molecule has 0 amide bonds. The van der Waals surface area contributed by atoms with Crippen molar-refractivity contribution in [3.05, 3.63) is 35.9 Å². The Labute approximate surface area is 187 Å². The van der Waals surface area contributed by atoms with Crippen LogP contribution in [0.2, 0.25) is 0 Å². The van der Waals surface area contributed by atoms with E-state index in [2.05, 4.69) is 6.92 Å². The van der Waals surface area contributed by atoms with E-state index < -0.39 is 18.1 Å². The van der Waals surface area contributed by atoms with Gasteiger partial charge < -0.3 is 20.3 Å². The molecule has 1 unspecified atom stereocenters. The highest BCUT2D eigenvalue weighted by Crippen LogP contribution is 2.11. The van der Waals surface area contributed by atoms with E-state index in [4.69, 9.17) is 15.2 Å². The van der Waals surface area contributed by atoms with Gasteiger partial charge in [0.25, 0.3) is 0 Å². The summed E-state index contributed by atoms with van der Waals surface area (Å²) in [6, 6.07) is 8.61. The number of hydrogen-bond acceptors (Lipinski definition) is 6. The normalized spacial score (nSPS) is 12.9. The fourth-order valence-corrected chi connectivity index (χ4v) is 3.30. The first-order valence-corrected chi connectivity index (χ1v) is 11.8. The summed E-state index contributed by atoms with van der Waals surface area (Å²) in [7, 11) is 0. The number of esters is 2. The van der Waals surface area contributed by atoms with Crippen molar-refractivity contribution in [2.24, 2.45) is 5.73 Å². The predicted molar refractivity (Wildman–Crippen MR) is 123 cm³/mol. The average molecular weight is 436 g/mol. The fourth-order valence-electron chi connectivity index (χ4n) is 3.30. The van der Waals surface area contributed by atoms with Gasteiger partial charge in [-0.05, 0) is 18.4 Å². The SMILES string of the molecule is CCCCCCCCCCCCC(=O)OCC(O)COC(=O)[C@@H](N)Cc1ccccc1. The smallest absolute Gasteiger partial charge is 0.323 e. The lowest BCUT2D eigenvalue weighted by Crippen LogP contribution is -2.36. The monoisotopic (exact) mass is 435 g/mol. The third-order valence-electron chi connectivity index (χ3n) is 5.19. The van der Waals surface area contributed by atoms with Gasteiger partial charge in [0, 0.05) is 6.42 Å². The molecule has 31 heavy (non-hydrogen) atoms. The van der Waals surface area contributed by atoms with Crippen molar-refractivity contribution < 1.29 is 24.2 Å². The minimum Gasteiger partial charge on any atom is -0.463 e. The van der Waals surface area contributed by atoms with E-state index in [0.717, 1.165) is 24.8 Å². The van der Waals surface area contributed by atoms with Crippen LogP contribution < -0.4 is 5.73 Å². The van der Waals surface area contributed by atoms with Gasteiger partial charge >= 0.3 is 11.9 Å². The quantitative estimate of drug-likeness (QED) is 0.263. The van der Waals surface area contributed by atoms with E-state index in [0.29, 0.717) is 12.8 Å².